The van der Waals surface area contributed by atoms with E-state index in [2.05, 4.69) is 33.0 Å². The van der Waals surface area contributed by atoms with Crippen molar-refractivity contribution in [2.75, 3.05) is 20.3 Å². The number of hydrogen-bond donors (Lipinski definition) is 1. The molecule has 0 amide bonds. The van der Waals surface area contributed by atoms with E-state index in [0.717, 1.165) is 26.0 Å². The highest BCUT2D eigenvalue weighted by molar-refractivity contribution is 4.95. The summed E-state index contributed by atoms with van der Waals surface area (Å²) >= 11 is 0. The lowest BCUT2D eigenvalue weighted by Gasteiger charge is -2.42. The molecule has 1 N–H and O–H groups in total. The number of ether oxygens (including phenoxy) is 2. The van der Waals surface area contributed by atoms with E-state index in [0.29, 0.717) is 6.04 Å². The lowest BCUT2D eigenvalue weighted by molar-refractivity contribution is -0.0837. The van der Waals surface area contributed by atoms with Crippen molar-refractivity contribution in [1.29, 1.82) is 0 Å². The predicted octanol–water partition coefficient (Wildman–Crippen LogP) is 4.30. The van der Waals surface area contributed by atoms with E-state index in [-0.39, 0.29) is 11.2 Å². The summed E-state index contributed by atoms with van der Waals surface area (Å²) in [5.74, 6) is 0. The fourth-order valence-corrected chi connectivity index (χ4v) is 3.60. The highest BCUT2D eigenvalue weighted by Crippen LogP contribution is 2.36. The molecule has 1 atom stereocenters. The molecular formula is C18H37NO2. The van der Waals surface area contributed by atoms with E-state index in [1.807, 2.05) is 7.11 Å². The van der Waals surface area contributed by atoms with E-state index in [1.165, 1.54) is 38.5 Å². The molecule has 1 unspecified atom stereocenters. The molecule has 0 radical (unpaired) electrons. The first-order valence-electron chi connectivity index (χ1n) is 8.92. The Balaban J connectivity index is 2.80. The Labute approximate surface area is 132 Å². The summed E-state index contributed by atoms with van der Waals surface area (Å²) < 4.78 is 12.0. The first kappa shape index (κ1) is 18.9. The normalized spacial score (nSPS) is 21.0. The van der Waals surface area contributed by atoms with Crippen LogP contribution in [0.1, 0.15) is 79.1 Å². The third-order valence-electron chi connectivity index (χ3n) is 5.05. The molecule has 1 aliphatic rings. The van der Waals surface area contributed by atoms with Crippen LogP contribution in [0.2, 0.25) is 0 Å². The summed E-state index contributed by atoms with van der Waals surface area (Å²) in [5, 5.41) is 3.72. The molecule has 0 saturated heterocycles. The molecule has 0 aromatic carbocycles. The van der Waals surface area contributed by atoms with Gasteiger partial charge in [0.2, 0.25) is 0 Å². The van der Waals surface area contributed by atoms with E-state index >= 15 is 0 Å². The van der Waals surface area contributed by atoms with Gasteiger partial charge in [-0.2, -0.15) is 0 Å². The molecule has 126 valence electrons. The second kappa shape index (κ2) is 9.12. The first-order chi connectivity index (χ1) is 9.99. The number of nitrogens with one attached hydrogen (secondary N) is 1. The molecule has 0 aromatic heterocycles. The lowest BCUT2D eigenvalue weighted by atomic mass is 9.81. The molecule has 1 saturated carbocycles. The van der Waals surface area contributed by atoms with Crippen LogP contribution in [0, 0.1) is 0 Å². The average Bonchev–Trinajstić information content (AvgIpc) is 2.70. The minimum atomic E-state index is -0.0498. The van der Waals surface area contributed by atoms with Gasteiger partial charge in [0.25, 0.3) is 0 Å². The summed E-state index contributed by atoms with van der Waals surface area (Å²) in [7, 11) is 1.81. The van der Waals surface area contributed by atoms with Crippen LogP contribution in [0.3, 0.4) is 0 Å². The monoisotopic (exact) mass is 299 g/mol. The summed E-state index contributed by atoms with van der Waals surface area (Å²) in [6.45, 7) is 10.5. The standard InChI is InChI=1S/C18H37NO2/c1-6-19-16(12-15-17(3,4)20-5)18(21-7-2)13-10-8-9-11-14-18/h16,19H,6-15H2,1-5H3. The summed E-state index contributed by atoms with van der Waals surface area (Å²) in [4.78, 5) is 0. The largest absolute Gasteiger partial charge is 0.379 e. The second-order valence-corrected chi connectivity index (χ2v) is 7.02. The Morgan fingerprint density at radius 1 is 1.10 bits per heavy atom. The highest BCUT2D eigenvalue weighted by atomic mass is 16.5. The fourth-order valence-electron chi connectivity index (χ4n) is 3.60. The second-order valence-electron chi connectivity index (χ2n) is 7.02. The summed E-state index contributed by atoms with van der Waals surface area (Å²) in [5.41, 5.74) is -0.0170. The zero-order valence-electron chi connectivity index (χ0n) is 15.0. The third kappa shape index (κ3) is 5.88. The molecule has 0 heterocycles. The highest BCUT2D eigenvalue weighted by Gasteiger charge is 2.39. The van der Waals surface area contributed by atoms with Crippen LogP contribution < -0.4 is 5.32 Å². The Morgan fingerprint density at radius 2 is 1.71 bits per heavy atom. The maximum Gasteiger partial charge on any atom is 0.0834 e. The van der Waals surface area contributed by atoms with Crippen molar-refractivity contribution in [3.05, 3.63) is 0 Å². The molecular weight excluding hydrogens is 262 g/mol. The van der Waals surface area contributed by atoms with Crippen molar-refractivity contribution in [2.45, 2.75) is 96.3 Å². The van der Waals surface area contributed by atoms with Crippen LogP contribution in [0.5, 0.6) is 0 Å². The van der Waals surface area contributed by atoms with Crippen LogP contribution in [0.25, 0.3) is 0 Å². The Bertz CT molecular complexity index is 270. The predicted molar refractivity (Wildman–Crippen MR) is 89.8 cm³/mol. The van der Waals surface area contributed by atoms with Gasteiger partial charge in [0, 0.05) is 19.8 Å². The van der Waals surface area contributed by atoms with Gasteiger partial charge in [0.15, 0.2) is 0 Å². The molecule has 1 rings (SSSR count). The van der Waals surface area contributed by atoms with E-state index < -0.39 is 0 Å². The molecule has 0 spiro atoms. The molecule has 0 aromatic rings. The van der Waals surface area contributed by atoms with Crippen molar-refractivity contribution in [1.82, 2.24) is 5.32 Å². The van der Waals surface area contributed by atoms with E-state index in [9.17, 15) is 0 Å². The maximum absolute atomic E-state index is 6.36. The smallest absolute Gasteiger partial charge is 0.0834 e. The summed E-state index contributed by atoms with van der Waals surface area (Å²) in [6, 6.07) is 0.440. The van der Waals surface area contributed by atoms with Gasteiger partial charge in [-0.1, -0.05) is 32.6 Å². The van der Waals surface area contributed by atoms with Crippen LogP contribution in [-0.4, -0.2) is 37.5 Å². The SMILES string of the molecule is CCNC(CCC(C)(C)OC)C1(OCC)CCCCCC1. The minimum Gasteiger partial charge on any atom is -0.379 e. The molecule has 1 aliphatic carbocycles. The van der Waals surface area contributed by atoms with Gasteiger partial charge in [-0.3, -0.25) is 0 Å². The van der Waals surface area contributed by atoms with Crippen molar-refractivity contribution in [3.63, 3.8) is 0 Å². The quantitative estimate of drug-likeness (QED) is 0.644. The van der Waals surface area contributed by atoms with E-state index in [1.54, 1.807) is 0 Å². The third-order valence-corrected chi connectivity index (χ3v) is 5.05. The molecule has 0 bridgehead atoms. The Morgan fingerprint density at radius 3 is 2.19 bits per heavy atom. The van der Waals surface area contributed by atoms with Crippen molar-refractivity contribution < 1.29 is 9.47 Å². The minimum absolute atomic E-state index is 0.0328. The van der Waals surface area contributed by atoms with Crippen molar-refractivity contribution >= 4 is 0 Å². The van der Waals surface area contributed by atoms with Crippen molar-refractivity contribution in [3.8, 4) is 0 Å². The average molecular weight is 299 g/mol. The molecule has 0 aliphatic heterocycles. The van der Waals surface area contributed by atoms with Gasteiger partial charge in [-0.15, -0.1) is 0 Å². The van der Waals surface area contributed by atoms with Crippen LogP contribution >= 0.6 is 0 Å². The van der Waals surface area contributed by atoms with Crippen LogP contribution in [0.15, 0.2) is 0 Å². The van der Waals surface area contributed by atoms with Gasteiger partial charge in [0.05, 0.1) is 11.2 Å². The van der Waals surface area contributed by atoms with Gasteiger partial charge < -0.3 is 14.8 Å². The first-order valence-corrected chi connectivity index (χ1v) is 8.92. The number of rotatable bonds is 9. The lowest BCUT2D eigenvalue weighted by Crippen LogP contribution is -2.53. The number of methoxy groups -OCH3 is 1. The maximum atomic E-state index is 6.36. The van der Waals surface area contributed by atoms with Gasteiger partial charge in [-0.05, 0) is 53.0 Å². The molecule has 3 heteroatoms. The zero-order valence-corrected chi connectivity index (χ0v) is 15.0. The zero-order chi connectivity index (χ0) is 15.8. The number of hydrogen-bond acceptors (Lipinski definition) is 3. The molecule has 21 heavy (non-hydrogen) atoms. The van der Waals surface area contributed by atoms with Gasteiger partial charge in [0.1, 0.15) is 0 Å². The van der Waals surface area contributed by atoms with Crippen LogP contribution in [-0.2, 0) is 9.47 Å². The van der Waals surface area contributed by atoms with E-state index in [4.69, 9.17) is 9.47 Å². The number of likely N-dealkylation sites (N-methyl/N-ethyl adjacent to an activating group) is 1. The molecule has 3 nitrogen and oxygen atoms in total. The Kier molecular flexibility index (Phi) is 8.22. The Hall–Kier alpha value is -0.120. The van der Waals surface area contributed by atoms with Gasteiger partial charge >= 0.3 is 0 Å². The van der Waals surface area contributed by atoms with Crippen molar-refractivity contribution in [2.24, 2.45) is 0 Å². The fraction of sp³-hybridized carbons (Fsp3) is 1.00. The van der Waals surface area contributed by atoms with Crippen LogP contribution in [0.4, 0.5) is 0 Å². The van der Waals surface area contributed by atoms with Gasteiger partial charge in [-0.25, -0.2) is 0 Å². The molecule has 1 fully saturated rings. The summed E-state index contributed by atoms with van der Waals surface area (Å²) in [6.07, 6.45) is 9.90. The topological polar surface area (TPSA) is 30.5 Å².